The predicted molar refractivity (Wildman–Crippen MR) is 352 cm³/mol. The SMILES string of the molecule is CCC/C=C/CC/C=C/CC/C=C/C(O)C(COC1OC(CO)C(O)C(O)C1O)NC(=O)CCCCCCCCCCCCCCCCCCC/C=C\C/C=C\CCCCCCCCCCCOC(=O)CCCCCCC/C=C\CCCCC. The summed E-state index contributed by atoms with van der Waals surface area (Å²) in [6.45, 7) is 4.23. The number of hydrogen-bond donors (Lipinski definition) is 6. The van der Waals surface area contributed by atoms with Crippen LogP contribution in [0.4, 0.5) is 0 Å². The number of unbranched alkanes of at least 4 members (excludes halogenated alkanes) is 37. The van der Waals surface area contributed by atoms with Crippen LogP contribution in [0.5, 0.6) is 0 Å². The summed E-state index contributed by atoms with van der Waals surface area (Å²) in [7, 11) is 0. The Labute approximate surface area is 515 Å². The Morgan fingerprint density at radius 2 is 0.833 bits per heavy atom. The molecule has 84 heavy (non-hydrogen) atoms. The number of ether oxygens (including phenoxy) is 3. The van der Waals surface area contributed by atoms with E-state index in [1.807, 2.05) is 6.08 Å². The topological polar surface area (TPSA) is 175 Å². The van der Waals surface area contributed by atoms with Crippen LogP contribution in [0, 0.1) is 0 Å². The van der Waals surface area contributed by atoms with Gasteiger partial charge in [0.2, 0.25) is 5.91 Å². The third kappa shape index (κ3) is 50.1. The van der Waals surface area contributed by atoms with Gasteiger partial charge in [0, 0.05) is 12.8 Å². The molecule has 7 atom stereocenters. The van der Waals surface area contributed by atoms with Crippen LogP contribution in [0.3, 0.4) is 0 Å². The number of esters is 1. The van der Waals surface area contributed by atoms with Crippen LogP contribution < -0.4 is 5.32 Å². The third-order valence-corrected chi connectivity index (χ3v) is 16.2. The van der Waals surface area contributed by atoms with E-state index >= 15 is 0 Å². The molecule has 7 unspecified atom stereocenters. The summed E-state index contributed by atoms with van der Waals surface area (Å²) >= 11 is 0. The molecule has 0 aliphatic carbocycles. The molecule has 1 aliphatic rings. The van der Waals surface area contributed by atoms with Gasteiger partial charge in [-0.1, -0.05) is 267 Å². The van der Waals surface area contributed by atoms with Crippen LogP contribution in [-0.2, 0) is 23.8 Å². The number of nitrogens with one attached hydrogen (secondary N) is 1. The second-order valence-electron chi connectivity index (χ2n) is 24.2. The highest BCUT2D eigenvalue weighted by atomic mass is 16.7. The first kappa shape index (κ1) is 79.1. The van der Waals surface area contributed by atoms with E-state index in [9.17, 15) is 35.1 Å². The highest BCUT2D eigenvalue weighted by Gasteiger charge is 2.44. The van der Waals surface area contributed by atoms with Crippen molar-refractivity contribution < 1.29 is 49.3 Å². The van der Waals surface area contributed by atoms with Gasteiger partial charge in [-0.05, 0) is 109 Å². The minimum absolute atomic E-state index is 0.00413. The molecule has 1 saturated heterocycles. The summed E-state index contributed by atoms with van der Waals surface area (Å²) in [5, 5.41) is 54.3. The summed E-state index contributed by atoms with van der Waals surface area (Å²) < 4.78 is 16.7. The number of aliphatic hydroxyl groups is 5. The molecule has 1 amide bonds. The van der Waals surface area contributed by atoms with Crippen LogP contribution in [-0.4, -0.2) is 100 Å². The zero-order chi connectivity index (χ0) is 60.9. The van der Waals surface area contributed by atoms with Gasteiger partial charge in [-0.15, -0.1) is 0 Å². The normalized spacial score (nSPS) is 18.5. The molecular weight excluding hydrogens is 1050 g/mol. The van der Waals surface area contributed by atoms with Gasteiger partial charge < -0.3 is 45.1 Å². The number of aliphatic hydroxyl groups excluding tert-OH is 5. The fourth-order valence-corrected chi connectivity index (χ4v) is 10.7. The van der Waals surface area contributed by atoms with Gasteiger partial charge in [-0.25, -0.2) is 0 Å². The quantitative estimate of drug-likeness (QED) is 0.0195. The molecule has 0 aromatic carbocycles. The minimum Gasteiger partial charge on any atom is -0.466 e. The number of allylic oxidation sites excluding steroid dienone is 11. The Balaban J connectivity index is 1.95. The molecule has 0 aromatic heterocycles. The van der Waals surface area contributed by atoms with Gasteiger partial charge in [0.05, 0.1) is 32.0 Å². The zero-order valence-electron chi connectivity index (χ0n) is 54.1. The van der Waals surface area contributed by atoms with E-state index in [0.717, 1.165) is 83.5 Å². The number of carbonyl (C=O) groups excluding carboxylic acids is 2. The molecule has 6 N–H and O–H groups in total. The number of hydrogen-bond acceptors (Lipinski definition) is 10. The molecule has 1 heterocycles. The first-order valence-electron chi connectivity index (χ1n) is 35.2. The molecule has 0 radical (unpaired) electrons. The van der Waals surface area contributed by atoms with Crippen LogP contribution in [0.2, 0.25) is 0 Å². The lowest BCUT2D eigenvalue weighted by atomic mass is 9.99. The van der Waals surface area contributed by atoms with Gasteiger partial charge in [-0.3, -0.25) is 9.59 Å². The van der Waals surface area contributed by atoms with E-state index in [-0.39, 0.29) is 18.5 Å². The summed E-state index contributed by atoms with van der Waals surface area (Å²) in [6.07, 6.45) is 73.4. The third-order valence-electron chi connectivity index (χ3n) is 16.2. The fourth-order valence-electron chi connectivity index (χ4n) is 10.7. The molecule has 11 heteroatoms. The van der Waals surface area contributed by atoms with Crippen molar-refractivity contribution in [2.45, 2.75) is 358 Å². The standard InChI is InChI=1S/C73H131NO10/c1-3-5-7-9-11-13-15-41-45-49-53-57-61-69(78)82-62-58-54-50-46-42-38-36-34-32-30-28-26-24-22-20-18-16-17-19-21-23-25-27-29-31-33-35-37-40-44-48-52-56-60-68(77)74-65(64-83-73-72(81)71(80)70(79)67(63-75)84-73)66(76)59-55-51-47-43-39-14-12-10-8-6-4-2/h8,10-11,13,20,22,26,28,39,43,55,59,65-67,70-73,75-76,79-81H,3-7,9,12,14-19,21,23-25,27,29-38,40-42,44-54,56-58,60-64H2,1-2H3,(H,74,77)/b10-8+,13-11-,22-20-,28-26-,43-39+,59-55+. The van der Waals surface area contributed by atoms with Crippen LogP contribution >= 0.6 is 0 Å². The van der Waals surface area contributed by atoms with Crippen molar-refractivity contribution in [2.75, 3.05) is 19.8 Å². The maximum atomic E-state index is 13.0. The maximum Gasteiger partial charge on any atom is 0.305 e. The Hall–Kier alpha value is -2.90. The van der Waals surface area contributed by atoms with E-state index in [4.69, 9.17) is 14.2 Å². The second-order valence-corrected chi connectivity index (χ2v) is 24.2. The Bertz CT molecular complexity index is 1630. The number of rotatable bonds is 61. The summed E-state index contributed by atoms with van der Waals surface area (Å²) in [5.74, 6) is -0.200. The highest BCUT2D eigenvalue weighted by Crippen LogP contribution is 2.23. The smallest absolute Gasteiger partial charge is 0.305 e. The predicted octanol–water partition coefficient (Wildman–Crippen LogP) is 17.9. The average molecular weight is 1180 g/mol. The molecule has 0 bridgehead atoms. The Morgan fingerprint density at radius 3 is 1.30 bits per heavy atom. The number of carbonyl (C=O) groups is 2. The highest BCUT2D eigenvalue weighted by molar-refractivity contribution is 5.76. The van der Waals surface area contributed by atoms with Crippen molar-refractivity contribution in [3.8, 4) is 0 Å². The van der Waals surface area contributed by atoms with Crippen molar-refractivity contribution >= 4 is 11.9 Å². The molecule has 1 rings (SSSR count). The van der Waals surface area contributed by atoms with E-state index in [2.05, 4.69) is 79.9 Å². The molecule has 0 spiro atoms. The number of amides is 1. The second kappa shape index (κ2) is 61.7. The molecule has 11 nitrogen and oxygen atoms in total. The summed E-state index contributed by atoms with van der Waals surface area (Å²) in [5.41, 5.74) is 0. The average Bonchev–Trinajstić information content (AvgIpc) is 3.27. The van der Waals surface area contributed by atoms with Gasteiger partial charge in [0.15, 0.2) is 6.29 Å². The van der Waals surface area contributed by atoms with Crippen molar-refractivity contribution in [3.63, 3.8) is 0 Å². The van der Waals surface area contributed by atoms with Crippen LogP contribution in [0.25, 0.3) is 0 Å². The maximum absolute atomic E-state index is 13.0. The Morgan fingerprint density at radius 1 is 0.440 bits per heavy atom. The lowest BCUT2D eigenvalue weighted by Crippen LogP contribution is -2.60. The first-order chi connectivity index (χ1) is 41.2. The van der Waals surface area contributed by atoms with Crippen molar-refractivity contribution in [2.24, 2.45) is 0 Å². The van der Waals surface area contributed by atoms with E-state index in [0.29, 0.717) is 19.4 Å². The zero-order valence-corrected chi connectivity index (χ0v) is 54.1. The van der Waals surface area contributed by atoms with Crippen molar-refractivity contribution in [3.05, 3.63) is 72.9 Å². The van der Waals surface area contributed by atoms with E-state index < -0.39 is 49.5 Å². The molecule has 488 valence electrons. The van der Waals surface area contributed by atoms with Gasteiger partial charge in [0.25, 0.3) is 0 Å². The molecular formula is C73H131NO10. The lowest BCUT2D eigenvalue weighted by Gasteiger charge is -2.40. The monoisotopic (exact) mass is 1180 g/mol. The summed E-state index contributed by atoms with van der Waals surface area (Å²) in [6, 6.07) is -0.834. The minimum atomic E-state index is -1.58. The largest absolute Gasteiger partial charge is 0.466 e. The summed E-state index contributed by atoms with van der Waals surface area (Å²) in [4.78, 5) is 25.1. The van der Waals surface area contributed by atoms with Gasteiger partial charge in [-0.2, -0.15) is 0 Å². The van der Waals surface area contributed by atoms with Gasteiger partial charge >= 0.3 is 5.97 Å². The van der Waals surface area contributed by atoms with Crippen molar-refractivity contribution in [1.82, 2.24) is 5.32 Å². The van der Waals surface area contributed by atoms with Crippen molar-refractivity contribution in [1.29, 1.82) is 0 Å². The Kier molecular flexibility index (Phi) is 58.1. The van der Waals surface area contributed by atoms with E-state index in [1.165, 1.54) is 205 Å². The fraction of sp³-hybridized carbons (Fsp3) is 0.808. The van der Waals surface area contributed by atoms with Crippen LogP contribution in [0.15, 0.2) is 72.9 Å². The molecule has 0 aromatic rings. The van der Waals surface area contributed by atoms with Gasteiger partial charge in [0.1, 0.15) is 24.4 Å². The molecule has 1 aliphatic heterocycles. The first-order valence-corrected chi connectivity index (χ1v) is 35.2. The molecule has 0 saturated carbocycles. The van der Waals surface area contributed by atoms with E-state index in [1.54, 1.807) is 6.08 Å². The lowest BCUT2D eigenvalue weighted by molar-refractivity contribution is -0.302. The van der Waals surface area contributed by atoms with Crippen LogP contribution in [0.1, 0.15) is 316 Å². The molecule has 1 fully saturated rings.